The number of esters is 1. The average molecular weight is 462 g/mol. The van der Waals surface area contributed by atoms with Crippen molar-refractivity contribution in [1.82, 2.24) is 14.5 Å². The maximum atomic E-state index is 13.3. The summed E-state index contributed by atoms with van der Waals surface area (Å²) >= 11 is 0. The zero-order chi connectivity index (χ0) is 24.2. The molecule has 0 spiro atoms. The number of ether oxygens (including phenoxy) is 1. The summed E-state index contributed by atoms with van der Waals surface area (Å²) in [6.45, 7) is 5.79. The summed E-state index contributed by atoms with van der Waals surface area (Å²) in [7, 11) is 0. The van der Waals surface area contributed by atoms with Gasteiger partial charge in [-0.05, 0) is 64.3 Å². The van der Waals surface area contributed by atoms with Crippen LogP contribution in [-0.2, 0) is 20.7 Å². The minimum Gasteiger partial charge on any atom is -0.456 e. The molecule has 0 bridgehead atoms. The molecule has 0 unspecified atom stereocenters. The van der Waals surface area contributed by atoms with Gasteiger partial charge in [-0.2, -0.15) is 0 Å². The van der Waals surface area contributed by atoms with Crippen LogP contribution < -0.4 is 5.56 Å². The van der Waals surface area contributed by atoms with Crippen LogP contribution in [0.15, 0.2) is 53.3 Å². The zero-order valence-corrected chi connectivity index (χ0v) is 20.0. The average Bonchev–Trinajstić information content (AvgIpc) is 2.82. The Morgan fingerprint density at radius 2 is 1.71 bits per heavy atom. The third kappa shape index (κ3) is 5.03. The summed E-state index contributed by atoms with van der Waals surface area (Å²) in [5, 5.41) is 0.518. The van der Waals surface area contributed by atoms with Gasteiger partial charge in [0.25, 0.3) is 11.5 Å². The highest BCUT2D eigenvalue weighted by Gasteiger charge is 2.29. The van der Waals surface area contributed by atoms with Crippen LogP contribution in [-0.4, -0.2) is 45.0 Å². The number of rotatable bonds is 6. The second kappa shape index (κ2) is 10.2. The maximum Gasteiger partial charge on any atom is 0.306 e. The van der Waals surface area contributed by atoms with Crippen molar-refractivity contribution >= 4 is 22.8 Å². The first-order valence-corrected chi connectivity index (χ1v) is 11.9. The van der Waals surface area contributed by atoms with Gasteiger partial charge in [0.05, 0.1) is 23.0 Å². The smallest absolute Gasteiger partial charge is 0.306 e. The van der Waals surface area contributed by atoms with Gasteiger partial charge in [-0.3, -0.25) is 19.0 Å². The summed E-state index contributed by atoms with van der Waals surface area (Å²) in [5.41, 5.74) is 2.18. The van der Waals surface area contributed by atoms with E-state index in [1.54, 1.807) is 16.7 Å². The van der Waals surface area contributed by atoms with E-state index in [-0.39, 0.29) is 43.0 Å². The topological polar surface area (TPSA) is 81.5 Å². The third-order valence-electron chi connectivity index (χ3n) is 6.53. The number of aryl methyl sites for hydroxylation is 2. The highest BCUT2D eigenvalue weighted by Crippen LogP contribution is 2.22. The monoisotopic (exact) mass is 461 g/mol. The molecule has 0 N–H and O–H groups in total. The molecular weight excluding hydrogens is 430 g/mol. The van der Waals surface area contributed by atoms with Crippen molar-refractivity contribution in [2.24, 2.45) is 0 Å². The van der Waals surface area contributed by atoms with Gasteiger partial charge in [-0.1, -0.05) is 29.8 Å². The van der Waals surface area contributed by atoms with Crippen molar-refractivity contribution in [2.75, 3.05) is 6.61 Å². The molecule has 1 aromatic heterocycles. The lowest BCUT2D eigenvalue weighted by Crippen LogP contribution is -2.49. The van der Waals surface area contributed by atoms with Gasteiger partial charge < -0.3 is 9.64 Å². The summed E-state index contributed by atoms with van der Waals surface area (Å²) in [6.07, 6.45) is 3.28. The number of hydrogen-bond acceptors (Lipinski definition) is 5. The second-order valence-electron chi connectivity index (χ2n) is 9.11. The Hall–Kier alpha value is -3.48. The molecule has 0 aliphatic carbocycles. The molecule has 1 amide bonds. The Morgan fingerprint density at radius 3 is 2.41 bits per heavy atom. The Kier molecular flexibility index (Phi) is 7.10. The lowest BCUT2D eigenvalue weighted by molar-refractivity contribution is -0.154. The van der Waals surface area contributed by atoms with Crippen LogP contribution in [0.4, 0.5) is 0 Å². The largest absolute Gasteiger partial charge is 0.456 e. The maximum absolute atomic E-state index is 13.3. The SMILES string of the molecule is Cc1ccc(-n2c(CCC(=O)OCC(=O)N3[C@H](C)CCC[C@@H]3C)nc3ccccc3c2=O)cc1. The van der Waals surface area contributed by atoms with Crippen LogP contribution in [0.5, 0.6) is 0 Å². The first-order valence-electron chi connectivity index (χ1n) is 11.9. The van der Waals surface area contributed by atoms with Crippen molar-refractivity contribution in [3.8, 4) is 5.69 Å². The molecular formula is C27H31N3O4. The van der Waals surface area contributed by atoms with Crippen molar-refractivity contribution in [3.63, 3.8) is 0 Å². The van der Waals surface area contributed by atoms with Gasteiger partial charge >= 0.3 is 5.97 Å². The van der Waals surface area contributed by atoms with E-state index in [0.29, 0.717) is 22.4 Å². The fourth-order valence-electron chi connectivity index (χ4n) is 4.72. The zero-order valence-electron chi connectivity index (χ0n) is 20.0. The van der Waals surface area contributed by atoms with Gasteiger partial charge in [0.15, 0.2) is 6.61 Å². The van der Waals surface area contributed by atoms with E-state index in [0.717, 1.165) is 24.8 Å². The van der Waals surface area contributed by atoms with E-state index in [1.807, 2.05) is 62.1 Å². The Labute approximate surface area is 199 Å². The van der Waals surface area contributed by atoms with Crippen LogP contribution in [0.25, 0.3) is 16.6 Å². The van der Waals surface area contributed by atoms with Crippen LogP contribution >= 0.6 is 0 Å². The summed E-state index contributed by atoms with van der Waals surface area (Å²) in [6, 6.07) is 15.1. The van der Waals surface area contributed by atoms with Gasteiger partial charge in [0, 0.05) is 18.5 Å². The number of benzene rings is 2. The van der Waals surface area contributed by atoms with E-state index in [4.69, 9.17) is 4.74 Å². The van der Waals surface area contributed by atoms with Crippen LogP contribution in [0.1, 0.15) is 50.9 Å². The summed E-state index contributed by atoms with van der Waals surface area (Å²) in [5.74, 6) is -0.161. The molecule has 1 fully saturated rings. The lowest BCUT2D eigenvalue weighted by atomic mass is 9.97. The minimum absolute atomic E-state index is 0.0228. The number of fused-ring (bicyclic) bond motifs is 1. The fourth-order valence-corrected chi connectivity index (χ4v) is 4.72. The normalized spacial score (nSPS) is 18.1. The van der Waals surface area contributed by atoms with E-state index >= 15 is 0 Å². The van der Waals surface area contributed by atoms with E-state index in [2.05, 4.69) is 4.98 Å². The van der Waals surface area contributed by atoms with Crippen LogP contribution in [0.3, 0.4) is 0 Å². The van der Waals surface area contributed by atoms with Gasteiger partial charge in [-0.25, -0.2) is 4.98 Å². The number of carbonyl (C=O) groups excluding carboxylic acids is 2. The Balaban J connectivity index is 1.50. The van der Waals surface area contributed by atoms with Gasteiger partial charge in [0.1, 0.15) is 5.82 Å². The Morgan fingerprint density at radius 1 is 1.03 bits per heavy atom. The van der Waals surface area contributed by atoms with Crippen LogP contribution in [0.2, 0.25) is 0 Å². The molecule has 0 radical (unpaired) electrons. The van der Waals surface area contributed by atoms with E-state index < -0.39 is 5.97 Å². The highest BCUT2D eigenvalue weighted by molar-refractivity contribution is 5.81. The summed E-state index contributed by atoms with van der Waals surface area (Å²) in [4.78, 5) is 44.9. The number of piperidine rings is 1. The van der Waals surface area contributed by atoms with E-state index in [9.17, 15) is 14.4 Å². The predicted molar refractivity (Wildman–Crippen MR) is 131 cm³/mol. The standard InChI is InChI=1S/C27H31N3O4/c1-18-11-13-21(14-12-18)30-24(28-23-10-5-4-9-22(23)27(30)33)15-16-26(32)34-17-25(31)29-19(2)7-6-8-20(29)3/h4-5,9-14,19-20H,6-8,15-17H2,1-3H3/t19-,20+. The molecule has 2 atom stereocenters. The lowest BCUT2D eigenvalue weighted by Gasteiger charge is -2.38. The first-order chi connectivity index (χ1) is 16.3. The number of carbonyl (C=O) groups is 2. The molecule has 1 aliphatic rings. The van der Waals surface area contributed by atoms with Crippen molar-refractivity contribution < 1.29 is 14.3 Å². The van der Waals surface area contributed by atoms with Crippen molar-refractivity contribution in [3.05, 3.63) is 70.3 Å². The molecule has 2 heterocycles. The molecule has 3 aromatic rings. The number of amides is 1. The van der Waals surface area contributed by atoms with Crippen molar-refractivity contribution in [2.45, 2.75) is 65.0 Å². The minimum atomic E-state index is -0.483. The number of likely N-dealkylation sites (tertiary alicyclic amines) is 1. The predicted octanol–water partition coefficient (Wildman–Crippen LogP) is 3.96. The molecule has 0 saturated carbocycles. The molecule has 1 saturated heterocycles. The first kappa shape index (κ1) is 23.7. The fraction of sp³-hybridized carbons (Fsp3) is 0.407. The molecule has 7 heteroatoms. The van der Waals surface area contributed by atoms with Gasteiger partial charge in [0.2, 0.25) is 0 Å². The molecule has 4 rings (SSSR count). The molecule has 178 valence electrons. The molecule has 34 heavy (non-hydrogen) atoms. The third-order valence-corrected chi connectivity index (χ3v) is 6.53. The second-order valence-corrected chi connectivity index (χ2v) is 9.11. The number of nitrogens with zero attached hydrogens (tertiary/aromatic N) is 3. The van der Waals surface area contributed by atoms with Crippen molar-refractivity contribution in [1.29, 1.82) is 0 Å². The number of para-hydroxylation sites is 1. The molecule has 2 aromatic carbocycles. The Bertz CT molecular complexity index is 1240. The molecule has 7 nitrogen and oxygen atoms in total. The number of hydrogen-bond donors (Lipinski definition) is 0. The quantitative estimate of drug-likeness (QED) is 0.519. The highest BCUT2D eigenvalue weighted by atomic mass is 16.5. The van der Waals surface area contributed by atoms with E-state index in [1.165, 1.54) is 0 Å². The van der Waals surface area contributed by atoms with Crippen LogP contribution in [0, 0.1) is 6.92 Å². The molecule has 1 aliphatic heterocycles. The summed E-state index contributed by atoms with van der Waals surface area (Å²) < 4.78 is 6.86. The number of aromatic nitrogens is 2. The van der Waals surface area contributed by atoms with Gasteiger partial charge in [-0.15, -0.1) is 0 Å².